The Morgan fingerprint density at radius 2 is 1.70 bits per heavy atom. The summed E-state index contributed by atoms with van der Waals surface area (Å²) in [4.78, 5) is 11.2. The highest BCUT2D eigenvalue weighted by atomic mass is 16.5. The van der Waals surface area contributed by atoms with Crippen LogP contribution in [0, 0.1) is 0 Å². The molecule has 0 heterocycles. The molecule has 0 unspecified atom stereocenters. The molecule has 2 rings (SSSR count). The third-order valence-electron chi connectivity index (χ3n) is 3.17. The molecule has 0 saturated heterocycles. The number of esters is 1. The number of benzene rings is 2. The third kappa shape index (κ3) is 3.82. The van der Waals surface area contributed by atoms with Crippen molar-refractivity contribution in [3.05, 3.63) is 71.3 Å². The number of methoxy groups -OCH3 is 1. The van der Waals surface area contributed by atoms with Crippen LogP contribution in [0.3, 0.4) is 0 Å². The normalized spacial score (nSPS) is 11.2. The van der Waals surface area contributed by atoms with Crippen molar-refractivity contribution in [1.29, 1.82) is 0 Å². The highest BCUT2D eigenvalue weighted by Crippen LogP contribution is 2.18. The van der Waals surface area contributed by atoms with Crippen LogP contribution in [0.15, 0.2) is 54.6 Å². The largest absolute Gasteiger partial charge is 0.469 e. The van der Waals surface area contributed by atoms with Gasteiger partial charge < -0.3 is 4.74 Å². The summed E-state index contributed by atoms with van der Waals surface area (Å²) in [5.74, 6) is -0.214. The summed E-state index contributed by atoms with van der Waals surface area (Å²) < 4.78 is 4.66. The number of ether oxygens (including phenoxy) is 1. The number of hydrogen-bond donors (Lipinski definition) is 0. The molecule has 0 aliphatic heterocycles. The zero-order valence-electron chi connectivity index (χ0n) is 11.8. The molecule has 0 N–H and O–H groups in total. The molecule has 2 aromatic rings. The van der Waals surface area contributed by atoms with Crippen molar-refractivity contribution < 1.29 is 9.53 Å². The van der Waals surface area contributed by atoms with E-state index >= 15 is 0 Å². The van der Waals surface area contributed by atoms with Crippen LogP contribution in [-0.2, 0) is 16.0 Å². The van der Waals surface area contributed by atoms with Crippen molar-refractivity contribution in [2.24, 2.45) is 0 Å². The Labute approximate surface area is 119 Å². The van der Waals surface area contributed by atoms with Gasteiger partial charge in [-0.1, -0.05) is 60.7 Å². The Balaban J connectivity index is 2.13. The molecule has 0 bridgehead atoms. The molecule has 0 amide bonds. The van der Waals surface area contributed by atoms with E-state index in [9.17, 15) is 4.79 Å². The summed E-state index contributed by atoms with van der Waals surface area (Å²) in [6.45, 7) is 2.09. The Hall–Kier alpha value is -2.35. The van der Waals surface area contributed by atoms with E-state index in [1.807, 2.05) is 42.5 Å². The second-order valence-corrected chi connectivity index (χ2v) is 4.69. The van der Waals surface area contributed by atoms with Crippen molar-refractivity contribution in [1.82, 2.24) is 0 Å². The lowest BCUT2D eigenvalue weighted by molar-refractivity contribution is -0.139. The van der Waals surface area contributed by atoms with E-state index in [0.29, 0.717) is 6.42 Å². The predicted molar refractivity (Wildman–Crippen MR) is 82.1 cm³/mol. The lowest BCUT2D eigenvalue weighted by Gasteiger charge is -2.04. The first-order valence-electron chi connectivity index (χ1n) is 6.58. The smallest absolute Gasteiger partial charge is 0.309 e. The van der Waals surface area contributed by atoms with Crippen LogP contribution in [-0.4, -0.2) is 13.1 Å². The number of carbonyl (C=O) groups excluding carboxylic acids is 1. The van der Waals surface area contributed by atoms with Gasteiger partial charge in [-0.3, -0.25) is 4.79 Å². The highest BCUT2D eigenvalue weighted by molar-refractivity contribution is 5.80. The maximum absolute atomic E-state index is 11.2. The molecule has 0 atom stereocenters. The zero-order chi connectivity index (χ0) is 14.4. The maximum Gasteiger partial charge on any atom is 0.309 e. The summed E-state index contributed by atoms with van der Waals surface area (Å²) in [6, 6.07) is 18.2. The molecule has 0 aliphatic rings. The molecule has 0 aromatic heterocycles. The van der Waals surface area contributed by atoms with Crippen LogP contribution in [0.4, 0.5) is 0 Å². The summed E-state index contributed by atoms with van der Waals surface area (Å²) in [5.41, 5.74) is 4.50. The molecule has 0 radical (unpaired) electrons. The maximum atomic E-state index is 11.2. The van der Waals surface area contributed by atoms with Crippen molar-refractivity contribution in [3.8, 4) is 0 Å². The Morgan fingerprint density at radius 1 is 1.05 bits per heavy atom. The Morgan fingerprint density at radius 3 is 2.30 bits per heavy atom. The van der Waals surface area contributed by atoms with Gasteiger partial charge in [0.1, 0.15) is 0 Å². The number of allylic oxidation sites excluding steroid dienone is 1. The zero-order valence-corrected chi connectivity index (χ0v) is 11.8. The van der Waals surface area contributed by atoms with E-state index in [-0.39, 0.29) is 5.97 Å². The van der Waals surface area contributed by atoms with Crippen LogP contribution in [0.25, 0.3) is 11.6 Å². The van der Waals surface area contributed by atoms with E-state index in [0.717, 1.165) is 11.1 Å². The van der Waals surface area contributed by atoms with E-state index in [2.05, 4.69) is 29.9 Å². The standard InChI is InChI=1S/C18H18O2/c1-14(12-15-6-4-3-5-7-15)17-10-8-16(9-11-17)13-18(19)20-2/h3-12H,13H2,1-2H3. The fraction of sp³-hybridized carbons (Fsp3) is 0.167. The quantitative estimate of drug-likeness (QED) is 0.618. The van der Waals surface area contributed by atoms with Gasteiger partial charge in [0.15, 0.2) is 0 Å². The van der Waals surface area contributed by atoms with Gasteiger partial charge in [-0.2, -0.15) is 0 Å². The van der Waals surface area contributed by atoms with E-state index in [1.54, 1.807) is 0 Å². The summed E-state index contributed by atoms with van der Waals surface area (Å²) in [7, 11) is 1.41. The van der Waals surface area contributed by atoms with Gasteiger partial charge in [0.05, 0.1) is 13.5 Å². The molecule has 0 fully saturated rings. The highest BCUT2D eigenvalue weighted by Gasteiger charge is 2.03. The van der Waals surface area contributed by atoms with Gasteiger partial charge in [-0.25, -0.2) is 0 Å². The molecule has 102 valence electrons. The van der Waals surface area contributed by atoms with Gasteiger partial charge in [0, 0.05) is 0 Å². The third-order valence-corrected chi connectivity index (χ3v) is 3.17. The average molecular weight is 266 g/mol. The van der Waals surface area contributed by atoms with E-state index in [1.165, 1.54) is 18.2 Å². The van der Waals surface area contributed by atoms with Crippen LogP contribution in [0.2, 0.25) is 0 Å². The van der Waals surface area contributed by atoms with Crippen molar-refractivity contribution in [2.45, 2.75) is 13.3 Å². The molecule has 2 nitrogen and oxygen atoms in total. The van der Waals surface area contributed by atoms with Crippen molar-refractivity contribution >= 4 is 17.6 Å². The Bertz CT molecular complexity index is 595. The SMILES string of the molecule is COC(=O)Cc1ccc(C(C)=Cc2ccccc2)cc1. The fourth-order valence-electron chi connectivity index (χ4n) is 2.01. The van der Waals surface area contributed by atoms with Crippen LogP contribution < -0.4 is 0 Å². The first-order chi connectivity index (χ1) is 9.69. The van der Waals surface area contributed by atoms with Gasteiger partial charge in [-0.15, -0.1) is 0 Å². The van der Waals surface area contributed by atoms with E-state index in [4.69, 9.17) is 0 Å². The Kier molecular flexibility index (Phi) is 4.72. The lowest BCUT2D eigenvalue weighted by Crippen LogP contribution is -2.04. The van der Waals surface area contributed by atoms with Gasteiger partial charge in [0.2, 0.25) is 0 Å². The molecular weight excluding hydrogens is 248 g/mol. The van der Waals surface area contributed by atoms with Crippen LogP contribution in [0.1, 0.15) is 23.6 Å². The topological polar surface area (TPSA) is 26.3 Å². The summed E-state index contributed by atoms with van der Waals surface area (Å²) in [5, 5.41) is 0. The molecule has 0 spiro atoms. The molecule has 0 saturated carbocycles. The minimum Gasteiger partial charge on any atom is -0.469 e. The number of hydrogen-bond acceptors (Lipinski definition) is 2. The lowest BCUT2D eigenvalue weighted by atomic mass is 10.0. The number of rotatable bonds is 4. The van der Waals surface area contributed by atoms with Gasteiger partial charge in [-0.05, 0) is 29.2 Å². The monoisotopic (exact) mass is 266 g/mol. The summed E-state index contributed by atoms with van der Waals surface area (Å²) in [6.07, 6.45) is 2.47. The van der Waals surface area contributed by atoms with Crippen molar-refractivity contribution in [2.75, 3.05) is 7.11 Å². The van der Waals surface area contributed by atoms with Crippen molar-refractivity contribution in [3.63, 3.8) is 0 Å². The van der Waals surface area contributed by atoms with Crippen LogP contribution >= 0.6 is 0 Å². The predicted octanol–water partition coefficient (Wildman–Crippen LogP) is 3.96. The molecule has 2 aromatic carbocycles. The first-order valence-corrected chi connectivity index (χ1v) is 6.58. The number of carbonyl (C=O) groups is 1. The minimum atomic E-state index is -0.214. The molecule has 20 heavy (non-hydrogen) atoms. The second-order valence-electron chi connectivity index (χ2n) is 4.69. The van der Waals surface area contributed by atoms with E-state index < -0.39 is 0 Å². The second kappa shape index (κ2) is 6.71. The van der Waals surface area contributed by atoms with Crippen LogP contribution in [0.5, 0.6) is 0 Å². The first kappa shape index (κ1) is 14.1. The molecular formula is C18H18O2. The summed E-state index contributed by atoms with van der Waals surface area (Å²) >= 11 is 0. The molecule has 2 heteroatoms. The minimum absolute atomic E-state index is 0.214. The molecule has 0 aliphatic carbocycles. The van der Waals surface area contributed by atoms with Gasteiger partial charge in [0.25, 0.3) is 0 Å². The van der Waals surface area contributed by atoms with Gasteiger partial charge >= 0.3 is 5.97 Å². The average Bonchev–Trinajstić information content (AvgIpc) is 2.49. The fourth-order valence-corrected chi connectivity index (χ4v) is 2.01.